The number of carbonyl (C=O) groups is 2. The number of carbonyl (C=O) groups excluding carboxylic acids is 1. The van der Waals surface area contributed by atoms with E-state index in [1.165, 1.54) is 24.3 Å². The third kappa shape index (κ3) is 4.35. The van der Waals surface area contributed by atoms with Crippen LogP contribution in [-0.2, 0) is 22.4 Å². The summed E-state index contributed by atoms with van der Waals surface area (Å²) in [5.41, 5.74) is 2.47. The second kappa shape index (κ2) is 7.34. The maximum atomic E-state index is 13.1. The molecule has 130 valence electrons. The minimum atomic E-state index is -1.04. The van der Waals surface area contributed by atoms with Crippen molar-refractivity contribution < 1.29 is 23.8 Å². The maximum absolute atomic E-state index is 13.1. The van der Waals surface area contributed by atoms with Crippen LogP contribution in [0.1, 0.15) is 29.2 Å². The average molecular weight is 343 g/mol. The minimum absolute atomic E-state index is 0.143. The quantitative estimate of drug-likeness (QED) is 0.845. The molecule has 5 nitrogen and oxygen atoms in total. The zero-order chi connectivity index (χ0) is 17.8. The van der Waals surface area contributed by atoms with Crippen molar-refractivity contribution >= 4 is 11.9 Å². The van der Waals surface area contributed by atoms with Crippen LogP contribution in [-0.4, -0.2) is 23.6 Å². The van der Waals surface area contributed by atoms with E-state index in [0.29, 0.717) is 12.2 Å². The Hall–Kier alpha value is -2.89. The van der Waals surface area contributed by atoms with E-state index in [2.05, 4.69) is 5.32 Å². The van der Waals surface area contributed by atoms with Crippen LogP contribution in [0.25, 0.3) is 0 Å². The van der Waals surface area contributed by atoms with Gasteiger partial charge in [-0.05, 0) is 34.9 Å². The predicted molar refractivity (Wildman–Crippen MR) is 88.9 cm³/mol. The van der Waals surface area contributed by atoms with Crippen LogP contribution in [0.2, 0.25) is 0 Å². The molecule has 0 saturated carbocycles. The number of aliphatic carboxylic acids is 1. The van der Waals surface area contributed by atoms with Crippen molar-refractivity contribution in [3.63, 3.8) is 0 Å². The molecule has 0 bridgehead atoms. The van der Waals surface area contributed by atoms with E-state index in [9.17, 15) is 14.0 Å². The highest BCUT2D eigenvalue weighted by molar-refractivity contribution is 5.80. The molecule has 1 amide bonds. The van der Waals surface area contributed by atoms with E-state index >= 15 is 0 Å². The first-order valence-electron chi connectivity index (χ1n) is 8.02. The van der Waals surface area contributed by atoms with Crippen LogP contribution in [0.4, 0.5) is 4.39 Å². The van der Waals surface area contributed by atoms with E-state index in [4.69, 9.17) is 9.84 Å². The molecule has 6 heteroatoms. The summed E-state index contributed by atoms with van der Waals surface area (Å²) in [5, 5.41) is 11.8. The summed E-state index contributed by atoms with van der Waals surface area (Å²) in [6.45, 7) is 0.649. The third-order valence-corrected chi connectivity index (χ3v) is 4.10. The van der Waals surface area contributed by atoms with Gasteiger partial charge in [-0.25, -0.2) is 4.39 Å². The van der Waals surface area contributed by atoms with Gasteiger partial charge >= 0.3 is 5.97 Å². The fourth-order valence-electron chi connectivity index (χ4n) is 2.90. The van der Waals surface area contributed by atoms with Crippen molar-refractivity contribution in [2.75, 3.05) is 6.61 Å². The smallest absolute Gasteiger partial charge is 0.305 e. The fourth-order valence-corrected chi connectivity index (χ4v) is 2.90. The highest BCUT2D eigenvalue weighted by Crippen LogP contribution is 2.26. The van der Waals surface area contributed by atoms with E-state index in [0.717, 1.165) is 23.3 Å². The minimum Gasteiger partial charge on any atom is -0.493 e. The Kier molecular flexibility index (Phi) is 4.97. The van der Waals surface area contributed by atoms with Crippen LogP contribution in [0.3, 0.4) is 0 Å². The van der Waals surface area contributed by atoms with Gasteiger partial charge in [0.15, 0.2) is 0 Å². The van der Waals surface area contributed by atoms with Crippen molar-refractivity contribution in [2.45, 2.75) is 25.3 Å². The van der Waals surface area contributed by atoms with Crippen LogP contribution >= 0.6 is 0 Å². The molecule has 0 spiro atoms. The Morgan fingerprint density at radius 1 is 1.20 bits per heavy atom. The summed E-state index contributed by atoms with van der Waals surface area (Å²) in [4.78, 5) is 23.4. The number of nitrogens with one attached hydrogen (secondary N) is 1. The number of carboxylic acids is 1. The molecule has 0 aromatic heterocycles. The fraction of sp³-hybridized carbons (Fsp3) is 0.263. The molecule has 0 fully saturated rings. The molecule has 1 aliphatic rings. The predicted octanol–water partition coefficient (Wildman–Crippen LogP) is 2.64. The van der Waals surface area contributed by atoms with Crippen LogP contribution < -0.4 is 10.1 Å². The molecule has 1 atom stereocenters. The SMILES string of the molecule is O=C(O)C[C@H](NC(=O)Cc1ccc2c(c1)CCO2)c1ccc(F)cc1. The highest BCUT2D eigenvalue weighted by Gasteiger charge is 2.19. The molecule has 0 radical (unpaired) electrons. The summed E-state index contributed by atoms with van der Waals surface area (Å²) >= 11 is 0. The summed E-state index contributed by atoms with van der Waals surface area (Å²) in [7, 11) is 0. The van der Waals surface area contributed by atoms with Gasteiger partial charge in [0.1, 0.15) is 11.6 Å². The summed E-state index contributed by atoms with van der Waals surface area (Å²) in [5.74, 6) is -0.887. The molecule has 2 aromatic rings. The molecule has 3 rings (SSSR count). The Balaban J connectivity index is 1.69. The number of hydrogen-bond acceptors (Lipinski definition) is 3. The van der Waals surface area contributed by atoms with Gasteiger partial charge < -0.3 is 15.2 Å². The van der Waals surface area contributed by atoms with Gasteiger partial charge in [-0.3, -0.25) is 9.59 Å². The number of benzene rings is 2. The van der Waals surface area contributed by atoms with Gasteiger partial charge in [0, 0.05) is 6.42 Å². The van der Waals surface area contributed by atoms with Crippen molar-refractivity contribution in [2.24, 2.45) is 0 Å². The van der Waals surface area contributed by atoms with Crippen molar-refractivity contribution in [1.29, 1.82) is 0 Å². The second-order valence-corrected chi connectivity index (χ2v) is 5.99. The van der Waals surface area contributed by atoms with Crippen LogP contribution in [0, 0.1) is 5.82 Å². The normalized spacial score (nSPS) is 13.6. The van der Waals surface area contributed by atoms with E-state index in [-0.39, 0.29) is 18.7 Å². The first kappa shape index (κ1) is 17.0. The molecule has 0 saturated heterocycles. The van der Waals surface area contributed by atoms with Gasteiger partial charge in [0.05, 0.1) is 25.5 Å². The lowest BCUT2D eigenvalue weighted by Gasteiger charge is -2.17. The number of hydrogen-bond donors (Lipinski definition) is 2. The largest absolute Gasteiger partial charge is 0.493 e. The monoisotopic (exact) mass is 343 g/mol. The van der Waals surface area contributed by atoms with Crippen molar-refractivity contribution in [3.8, 4) is 5.75 Å². The van der Waals surface area contributed by atoms with Crippen LogP contribution in [0.15, 0.2) is 42.5 Å². The van der Waals surface area contributed by atoms with E-state index in [1.807, 2.05) is 18.2 Å². The summed E-state index contributed by atoms with van der Waals surface area (Å²) in [6.07, 6.45) is 0.696. The maximum Gasteiger partial charge on any atom is 0.305 e. The van der Waals surface area contributed by atoms with Gasteiger partial charge in [-0.15, -0.1) is 0 Å². The first-order valence-corrected chi connectivity index (χ1v) is 8.02. The lowest BCUT2D eigenvalue weighted by molar-refractivity contribution is -0.137. The molecule has 0 unspecified atom stereocenters. The zero-order valence-corrected chi connectivity index (χ0v) is 13.5. The van der Waals surface area contributed by atoms with Crippen molar-refractivity contribution in [3.05, 3.63) is 65.0 Å². The molecule has 2 aromatic carbocycles. The first-order chi connectivity index (χ1) is 12.0. The summed E-state index contributed by atoms with van der Waals surface area (Å²) < 4.78 is 18.5. The van der Waals surface area contributed by atoms with E-state index in [1.54, 1.807) is 0 Å². The number of halogens is 1. The molecule has 1 aliphatic heterocycles. The number of ether oxygens (including phenoxy) is 1. The highest BCUT2D eigenvalue weighted by atomic mass is 19.1. The Bertz CT molecular complexity index is 789. The summed E-state index contributed by atoms with van der Waals surface area (Å²) in [6, 6.07) is 10.4. The number of carboxylic acid groups (broad SMARTS) is 1. The van der Waals surface area contributed by atoms with E-state index < -0.39 is 17.8 Å². The number of amides is 1. The Morgan fingerprint density at radius 3 is 2.68 bits per heavy atom. The number of rotatable bonds is 6. The zero-order valence-electron chi connectivity index (χ0n) is 13.5. The number of fused-ring (bicyclic) bond motifs is 1. The lowest BCUT2D eigenvalue weighted by atomic mass is 10.0. The van der Waals surface area contributed by atoms with Crippen LogP contribution in [0.5, 0.6) is 5.75 Å². The lowest BCUT2D eigenvalue weighted by Crippen LogP contribution is -2.31. The topological polar surface area (TPSA) is 75.6 Å². The molecule has 2 N–H and O–H groups in total. The van der Waals surface area contributed by atoms with Crippen molar-refractivity contribution in [1.82, 2.24) is 5.32 Å². The second-order valence-electron chi connectivity index (χ2n) is 5.99. The molecular weight excluding hydrogens is 325 g/mol. The molecular formula is C19H18FNO4. The van der Waals surface area contributed by atoms with Gasteiger partial charge in [-0.1, -0.05) is 24.3 Å². The molecule has 1 heterocycles. The van der Waals surface area contributed by atoms with Gasteiger partial charge in [0.2, 0.25) is 5.91 Å². The molecule has 25 heavy (non-hydrogen) atoms. The van der Waals surface area contributed by atoms with Gasteiger partial charge in [0.25, 0.3) is 0 Å². The average Bonchev–Trinajstić information content (AvgIpc) is 3.02. The third-order valence-electron chi connectivity index (χ3n) is 4.10. The Morgan fingerprint density at radius 2 is 1.96 bits per heavy atom. The standard InChI is InChI=1S/C19H18FNO4/c20-15-4-2-13(3-5-15)16(11-19(23)24)21-18(22)10-12-1-6-17-14(9-12)7-8-25-17/h1-6,9,16H,7-8,10-11H2,(H,21,22)(H,23,24)/t16-/m0/s1. The molecule has 0 aliphatic carbocycles. The van der Waals surface area contributed by atoms with Gasteiger partial charge in [-0.2, -0.15) is 0 Å². The Labute approximate surface area is 144 Å².